The Morgan fingerprint density at radius 2 is 2.55 bits per heavy atom. The number of nitrogens with zero attached hydrogens (tertiary/aromatic N) is 3. The number of hydrazone groups is 1. The molecule has 1 aliphatic heterocycles. The van der Waals surface area contributed by atoms with Crippen molar-refractivity contribution in [2.75, 3.05) is 0 Å². The molecule has 0 saturated carbocycles. The fourth-order valence-corrected chi connectivity index (χ4v) is 0.651. The molecule has 11 heavy (non-hydrogen) atoms. The first-order valence-corrected chi connectivity index (χ1v) is 2.90. The van der Waals surface area contributed by atoms with Crippen LogP contribution in [0.25, 0.3) is 0 Å². The monoisotopic (exact) mass is 153 g/mol. The third-order valence-corrected chi connectivity index (χ3v) is 1.08. The van der Waals surface area contributed by atoms with Gasteiger partial charge in [0.1, 0.15) is 6.34 Å². The van der Waals surface area contributed by atoms with Gasteiger partial charge in [-0.15, -0.1) is 5.10 Å². The van der Waals surface area contributed by atoms with Gasteiger partial charge in [0.15, 0.2) is 11.5 Å². The van der Waals surface area contributed by atoms with Gasteiger partial charge in [-0.25, -0.2) is 21.4 Å². The minimum Gasteiger partial charge on any atom is -0.293 e. The number of hydrogen-bond donors (Lipinski definition) is 2. The van der Waals surface area contributed by atoms with Crippen LogP contribution in [0.5, 0.6) is 0 Å². The Hall–Kier alpha value is -1.56. The average Bonchev–Trinajstić information content (AvgIpc) is 2.36. The lowest BCUT2D eigenvalue weighted by molar-refractivity contribution is -0.110. The standard InChI is InChI=1S/C5H7N5O/c1-3(11)4-5(9-10-6)8-2-7-4/h2,10H,6H2,1H3/b9-5-. The van der Waals surface area contributed by atoms with Crippen LogP contribution < -0.4 is 11.4 Å². The maximum absolute atomic E-state index is 10.8. The lowest BCUT2D eigenvalue weighted by Crippen LogP contribution is -2.23. The molecule has 58 valence electrons. The normalized spacial score (nSPS) is 18.7. The highest BCUT2D eigenvalue weighted by atomic mass is 16.1. The number of nitrogens with one attached hydrogen (secondary N) is 1. The number of aliphatic imine (C=N–C) groups is 2. The van der Waals surface area contributed by atoms with Crippen molar-refractivity contribution >= 4 is 23.7 Å². The Labute approximate surface area is 62.9 Å². The Kier molecular flexibility index (Phi) is 2.07. The number of hydrogen-bond acceptors (Lipinski definition) is 5. The number of ketones is 1. The molecule has 0 fully saturated rings. The lowest BCUT2D eigenvalue weighted by Gasteiger charge is -1.93. The van der Waals surface area contributed by atoms with Crippen molar-refractivity contribution in [3.8, 4) is 0 Å². The molecule has 0 unspecified atom stereocenters. The van der Waals surface area contributed by atoms with Gasteiger partial charge in [0.2, 0.25) is 5.84 Å². The molecule has 0 saturated heterocycles. The van der Waals surface area contributed by atoms with Gasteiger partial charge in [-0.05, 0) is 0 Å². The summed E-state index contributed by atoms with van der Waals surface area (Å²) in [6.07, 6.45) is 1.26. The van der Waals surface area contributed by atoms with Crippen LogP contribution in [0.15, 0.2) is 15.1 Å². The number of Topliss-reactive ketones (excluding diaryl/α,β-unsaturated/α-hetero) is 1. The van der Waals surface area contributed by atoms with Crippen molar-refractivity contribution in [3.05, 3.63) is 0 Å². The summed E-state index contributed by atoms with van der Waals surface area (Å²) >= 11 is 0. The topological polar surface area (TPSA) is 92.2 Å². The van der Waals surface area contributed by atoms with Crippen LogP contribution in [-0.4, -0.2) is 23.7 Å². The third kappa shape index (κ3) is 1.47. The molecule has 0 aromatic rings. The predicted molar refractivity (Wildman–Crippen MR) is 41.4 cm³/mol. The first kappa shape index (κ1) is 7.55. The summed E-state index contributed by atoms with van der Waals surface area (Å²) in [7, 11) is 0. The van der Waals surface area contributed by atoms with E-state index < -0.39 is 0 Å². The fraction of sp³-hybridized carbons (Fsp3) is 0.200. The van der Waals surface area contributed by atoms with Crippen molar-refractivity contribution in [1.29, 1.82) is 0 Å². The minimum atomic E-state index is -0.184. The van der Waals surface area contributed by atoms with E-state index in [9.17, 15) is 4.79 Å². The summed E-state index contributed by atoms with van der Waals surface area (Å²) in [6.45, 7) is 1.39. The molecule has 0 radical (unpaired) electrons. The van der Waals surface area contributed by atoms with Crippen LogP contribution in [0.4, 0.5) is 0 Å². The molecular weight excluding hydrogens is 146 g/mol. The van der Waals surface area contributed by atoms with Crippen LogP contribution >= 0.6 is 0 Å². The second-order valence-corrected chi connectivity index (χ2v) is 1.84. The number of carbonyl (C=O) groups is 1. The molecule has 1 rings (SSSR count). The third-order valence-electron chi connectivity index (χ3n) is 1.08. The molecule has 0 amide bonds. The Balaban J connectivity index is 2.85. The molecule has 1 aliphatic rings. The molecule has 3 N–H and O–H groups in total. The van der Waals surface area contributed by atoms with Gasteiger partial charge in [0.25, 0.3) is 0 Å². The van der Waals surface area contributed by atoms with Gasteiger partial charge < -0.3 is 0 Å². The molecule has 0 atom stereocenters. The van der Waals surface area contributed by atoms with E-state index in [2.05, 4.69) is 15.1 Å². The van der Waals surface area contributed by atoms with Gasteiger partial charge in [-0.2, -0.15) is 0 Å². The van der Waals surface area contributed by atoms with E-state index >= 15 is 0 Å². The van der Waals surface area contributed by atoms with Crippen molar-refractivity contribution in [2.24, 2.45) is 20.9 Å². The fourth-order valence-electron chi connectivity index (χ4n) is 0.651. The van der Waals surface area contributed by atoms with Crippen LogP contribution in [0.3, 0.4) is 0 Å². The Bertz CT molecular complexity index is 264. The summed E-state index contributed by atoms with van der Waals surface area (Å²) in [5.74, 6) is 4.93. The zero-order valence-corrected chi connectivity index (χ0v) is 5.90. The van der Waals surface area contributed by atoms with E-state index in [1.165, 1.54) is 13.3 Å². The molecule has 0 aromatic carbocycles. The summed E-state index contributed by atoms with van der Waals surface area (Å²) in [5.41, 5.74) is 2.26. The number of nitrogens with two attached hydrogens (primary N) is 1. The highest BCUT2D eigenvalue weighted by molar-refractivity contribution is 6.69. The van der Waals surface area contributed by atoms with Gasteiger partial charge >= 0.3 is 0 Å². The second kappa shape index (κ2) is 3.02. The van der Waals surface area contributed by atoms with Crippen LogP contribution in [0.2, 0.25) is 0 Å². The van der Waals surface area contributed by atoms with Crippen molar-refractivity contribution < 1.29 is 4.79 Å². The Morgan fingerprint density at radius 1 is 1.82 bits per heavy atom. The first-order chi connectivity index (χ1) is 5.25. The summed E-state index contributed by atoms with van der Waals surface area (Å²) in [5, 5.41) is 3.52. The SMILES string of the molecule is CC(=O)C1=NC=N/C1=N\NN. The van der Waals surface area contributed by atoms with Crippen molar-refractivity contribution in [3.63, 3.8) is 0 Å². The largest absolute Gasteiger partial charge is 0.293 e. The van der Waals surface area contributed by atoms with E-state index in [-0.39, 0.29) is 17.3 Å². The van der Waals surface area contributed by atoms with Gasteiger partial charge in [-0.3, -0.25) is 4.79 Å². The van der Waals surface area contributed by atoms with Crippen molar-refractivity contribution in [1.82, 2.24) is 5.53 Å². The zero-order valence-electron chi connectivity index (χ0n) is 5.90. The summed E-state index contributed by atoms with van der Waals surface area (Å²) < 4.78 is 0. The van der Waals surface area contributed by atoms with Crippen LogP contribution in [0, 0.1) is 0 Å². The molecule has 6 heteroatoms. The van der Waals surface area contributed by atoms with Crippen molar-refractivity contribution in [2.45, 2.75) is 6.92 Å². The number of rotatable bonds is 2. The molecule has 6 nitrogen and oxygen atoms in total. The number of amidine groups is 1. The summed E-state index contributed by atoms with van der Waals surface area (Å²) in [6, 6.07) is 0. The van der Waals surface area contributed by atoms with E-state index in [4.69, 9.17) is 5.84 Å². The summed E-state index contributed by atoms with van der Waals surface area (Å²) in [4.78, 5) is 18.1. The molecule has 0 bridgehead atoms. The maximum atomic E-state index is 10.8. The van der Waals surface area contributed by atoms with E-state index in [1.807, 2.05) is 5.53 Å². The number of carbonyl (C=O) groups excluding carboxylic acids is 1. The quantitative estimate of drug-likeness (QED) is 0.387. The van der Waals surface area contributed by atoms with E-state index in [0.29, 0.717) is 0 Å². The van der Waals surface area contributed by atoms with E-state index in [1.54, 1.807) is 0 Å². The minimum absolute atomic E-state index is 0.184. The molecule has 0 aromatic heterocycles. The smallest absolute Gasteiger partial charge is 0.204 e. The molecule has 0 spiro atoms. The zero-order chi connectivity index (χ0) is 8.27. The predicted octanol–water partition coefficient (Wildman–Crippen LogP) is -1.16. The van der Waals surface area contributed by atoms with Gasteiger partial charge in [0.05, 0.1) is 0 Å². The Morgan fingerprint density at radius 3 is 3.09 bits per heavy atom. The lowest BCUT2D eigenvalue weighted by atomic mass is 10.2. The molecular formula is C5H7N5O. The number of hydrazine groups is 1. The highest BCUT2D eigenvalue weighted by Gasteiger charge is 2.16. The average molecular weight is 153 g/mol. The van der Waals surface area contributed by atoms with Gasteiger partial charge in [0, 0.05) is 6.92 Å². The molecule has 1 heterocycles. The highest BCUT2D eigenvalue weighted by Crippen LogP contribution is 1.94. The maximum Gasteiger partial charge on any atom is 0.204 e. The van der Waals surface area contributed by atoms with Crippen LogP contribution in [0.1, 0.15) is 6.92 Å². The van der Waals surface area contributed by atoms with Gasteiger partial charge in [-0.1, -0.05) is 0 Å². The molecule has 0 aliphatic carbocycles. The first-order valence-electron chi connectivity index (χ1n) is 2.90. The van der Waals surface area contributed by atoms with Crippen LogP contribution in [-0.2, 0) is 4.79 Å². The second-order valence-electron chi connectivity index (χ2n) is 1.84. The van der Waals surface area contributed by atoms with E-state index in [0.717, 1.165) is 0 Å².